The first-order valence-electron chi connectivity index (χ1n) is 6.04. The summed E-state index contributed by atoms with van der Waals surface area (Å²) in [5.74, 6) is 0.622. The van der Waals surface area contributed by atoms with Crippen LogP contribution in [-0.2, 0) is 0 Å². The van der Waals surface area contributed by atoms with Crippen molar-refractivity contribution < 1.29 is 5.11 Å². The van der Waals surface area contributed by atoms with E-state index in [1.165, 1.54) is 0 Å². The van der Waals surface area contributed by atoms with Crippen molar-refractivity contribution in [3.8, 4) is 0 Å². The minimum atomic E-state index is -0.356. The fraction of sp³-hybridized carbons (Fsp3) is 0.571. The third kappa shape index (κ3) is 3.24. The standard InChI is InChI=1S/C14H23NO/c1-5-14(16)12-8-6-7-9-13(12)15(4)10-11(2)3/h6-9,11,14,16H,5,10H2,1-4H3. The summed E-state index contributed by atoms with van der Waals surface area (Å²) in [5.41, 5.74) is 2.18. The van der Waals surface area contributed by atoms with Gasteiger partial charge in [0, 0.05) is 24.8 Å². The van der Waals surface area contributed by atoms with Gasteiger partial charge in [0.15, 0.2) is 0 Å². The number of benzene rings is 1. The lowest BCUT2D eigenvalue weighted by atomic mass is 10.0. The topological polar surface area (TPSA) is 23.5 Å². The highest BCUT2D eigenvalue weighted by molar-refractivity contribution is 5.54. The number of aliphatic hydroxyl groups is 1. The summed E-state index contributed by atoms with van der Waals surface area (Å²) in [5, 5.41) is 9.97. The average Bonchev–Trinajstić information content (AvgIpc) is 2.27. The number of para-hydroxylation sites is 1. The minimum Gasteiger partial charge on any atom is -0.388 e. The Morgan fingerprint density at radius 1 is 1.25 bits per heavy atom. The van der Waals surface area contributed by atoms with Crippen molar-refractivity contribution >= 4 is 5.69 Å². The van der Waals surface area contributed by atoms with Crippen molar-refractivity contribution in [3.63, 3.8) is 0 Å². The molecule has 1 atom stereocenters. The Kier molecular flexibility index (Phi) is 4.81. The first-order valence-corrected chi connectivity index (χ1v) is 6.04. The molecule has 1 aromatic rings. The van der Waals surface area contributed by atoms with Crippen molar-refractivity contribution in [2.24, 2.45) is 5.92 Å². The maximum Gasteiger partial charge on any atom is 0.0807 e. The van der Waals surface area contributed by atoms with E-state index in [0.717, 1.165) is 24.2 Å². The third-order valence-electron chi connectivity index (χ3n) is 2.73. The van der Waals surface area contributed by atoms with Gasteiger partial charge in [0.2, 0.25) is 0 Å². The van der Waals surface area contributed by atoms with Gasteiger partial charge in [0.05, 0.1) is 6.10 Å². The molecule has 2 heteroatoms. The molecule has 0 amide bonds. The Morgan fingerprint density at radius 2 is 1.88 bits per heavy atom. The number of hydrogen-bond donors (Lipinski definition) is 1. The van der Waals surface area contributed by atoms with E-state index in [4.69, 9.17) is 0 Å². The molecule has 1 aromatic carbocycles. The molecule has 0 heterocycles. The molecule has 0 radical (unpaired) electrons. The van der Waals surface area contributed by atoms with Gasteiger partial charge in [-0.1, -0.05) is 39.0 Å². The highest BCUT2D eigenvalue weighted by atomic mass is 16.3. The van der Waals surface area contributed by atoms with Crippen molar-refractivity contribution in [1.82, 2.24) is 0 Å². The molecule has 1 unspecified atom stereocenters. The van der Waals surface area contributed by atoms with Crippen LogP contribution < -0.4 is 4.90 Å². The van der Waals surface area contributed by atoms with Crippen LogP contribution in [0.2, 0.25) is 0 Å². The van der Waals surface area contributed by atoms with Crippen LogP contribution in [0.25, 0.3) is 0 Å². The van der Waals surface area contributed by atoms with E-state index < -0.39 is 0 Å². The van der Waals surface area contributed by atoms with Gasteiger partial charge < -0.3 is 10.0 Å². The number of nitrogens with zero attached hydrogens (tertiary/aromatic N) is 1. The largest absolute Gasteiger partial charge is 0.388 e. The van der Waals surface area contributed by atoms with Gasteiger partial charge >= 0.3 is 0 Å². The molecule has 1 rings (SSSR count). The van der Waals surface area contributed by atoms with Gasteiger partial charge in [-0.25, -0.2) is 0 Å². The molecule has 2 nitrogen and oxygen atoms in total. The molecule has 0 aliphatic heterocycles. The summed E-state index contributed by atoms with van der Waals surface area (Å²) in [4.78, 5) is 2.22. The van der Waals surface area contributed by atoms with Crippen LogP contribution in [0.5, 0.6) is 0 Å². The minimum absolute atomic E-state index is 0.356. The predicted octanol–water partition coefficient (Wildman–Crippen LogP) is 3.22. The lowest BCUT2D eigenvalue weighted by Crippen LogP contribution is -2.24. The van der Waals surface area contributed by atoms with Gasteiger partial charge in [-0.3, -0.25) is 0 Å². The van der Waals surface area contributed by atoms with Gasteiger partial charge in [-0.15, -0.1) is 0 Å². The SMILES string of the molecule is CCC(O)c1ccccc1N(C)CC(C)C. The molecule has 90 valence electrons. The molecule has 0 bridgehead atoms. The predicted molar refractivity (Wildman–Crippen MR) is 69.8 cm³/mol. The molecular weight excluding hydrogens is 198 g/mol. The zero-order valence-corrected chi connectivity index (χ0v) is 10.8. The van der Waals surface area contributed by atoms with Gasteiger partial charge in [0.25, 0.3) is 0 Å². The lowest BCUT2D eigenvalue weighted by Gasteiger charge is -2.25. The number of hydrogen-bond acceptors (Lipinski definition) is 2. The van der Waals surface area contributed by atoms with Crippen LogP contribution in [-0.4, -0.2) is 18.7 Å². The summed E-state index contributed by atoms with van der Waals surface area (Å²) < 4.78 is 0. The summed E-state index contributed by atoms with van der Waals surface area (Å²) in [7, 11) is 2.08. The molecule has 0 spiro atoms. The Hall–Kier alpha value is -1.02. The van der Waals surface area contributed by atoms with Crippen molar-refractivity contribution in [3.05, 3.63) is 29.8 Å². The fourth-order valence-electron chi connectivity index (χ4n) is 1.98. The molecule has 0 aromatic heterocycles. The number of anilines is 1. The third-order valence-corrected chi connectivity index (χ3v) is 2.73. The fourth-order valence-corrected chi connectivity index (χ4v) is 1.98. The average molecular weight is 221 g/mol. The molecule has 1 N–H and O–H groups in total. The first-order chi connectivity index (χ1) is 7.56. The summed E-state index contributed by atoms with van der Waals surface area (Å²) in [6, 6.07) is 8.11. The molecule has 0 saturated heterocycles. The van der Waals surface area contributed by atoms with E-state index >= 15 is 0 Å². The second-order valence-electron chi connectivity index (χ2n) is 4.76. The smallest absolute Gasteiger partial charge is 0.0807 e. The molecule has 0 aliphatic carbocycles. The van der Waals surface area contributed by atoms with Crippen LogP contribution in [0, 0.1) is 5.92 Å². The first kappa shape index (κ1) is 13.0. The molecule has 0 fully saturated rings. The van der Waals surface area contributed by atoms with E-state index in [1.54, 1.807) is 0 Å². The second kappa shape index (κ2) is 5.90. The van der Waals surface area contributed by atoms with Gasteiger partial charge in [-0.2, -0.15) is 0 Å². The molecule has 0 aliphatic rings. The van der Waals surface area contributed by atoms with Crippen LogP contribution >= 0.6 is 0 Å². The zero-order valence-electron chi connectivity index (χ0n) is 10.8. The quantitative estimate of drug-likeness (QED) is 0.825. The van der Waals surface area contributed by atoms with Crippen LogP contribution in [0.15, 0.2) is 24.3 Å². The van der Waals surface area contributed by atoms with E-state index in [1.807, 2.05) is 25.1 Å². The van der Waals surface area contributed by atoms with Crippen LogP contribution in [0.3, 0.4) is 0 Å². The van der Waals surface area contributed by atoms with Crippen LogP contribution in [0.4, 0.5) is 5.69 Å². The van der Waals surface area contributed by atoms with E-state index in [9.17, 15) is 5.11 Å². The van der Waals surface area contributed by atoms with Crippen molar-refractivity contribution in [2.45, 2.75) is 33.3 Å². The summed E-state index contributed by atoms with van der Waals surface area (Å²) in [6.45, 7) is 7.42. The van der Waals surface area contributed by atoms with Gasteiger partial charge in [-0.05, 0) is 18.4 Å². The molecular formula is C14H23NO. The molecule has 16 heavy (non-hydrogen) atoms. The Balaban J connectivity index is 2.93. The maximum atomic E-state index is 9.97. The Morgan fingerprint density at radius 3 is 2.44 bits per heavy atom. The maximum absolute atomic E-state index is 9.97. The van der Waals surface area contributed by atoms with E-state index in [0.29, 0.717) is 5.92 Å². The van der Waals surface area contributed by atoms with Crippen molar-refractivity contribution in [1.29, 1.82) is 0 Å². The van der Waals surface area contributed by atoms with Crippen LogP contribution in [0.1, 0.15) is 38.9 Å². The molecule has 0 saturated carbocycles. The number of rotatable bonds is 5. The normalized spacial score (nSPS) is 12.9. The Bertz CT molecular complexity index is 322. The second-order valence-corrected chi connectivity index (χ2v) is 4.76. The lowest BCUT2D eigenvalue weighted by molar-refractivity contribution is 0.174. The zero-order chi connectivity index (χ0) is 12.1. The van der Waals surface area contributed by atoms with Gasteiger partial charge in [0.1, 0.15) is 0 Å². The highest BCUT2D eigenvalue weighted by Gasteiger charge is 2.13. The highest BCUT2D eigenvalue weighted by Crippen LogP contribution is 2.27. The Labute approximate surface area is 98.9 Å². The number of aliphatic hydroxyl groups excluding tert-OH is 1. The van der Waals surface area contributed by atoms with Crippen molar-refractivity contribution in [2.75, 3.05) is 18.5 Å². The monoisotopic (exact) mass is 221 g/mol. The summed E-state index contributed by atoms with van der Waals surface area (Å²) >= 11 is 0. The summed E-state index contributed by atoms with van der Waals surface area (Å²) in [6.07, 6.45) is 0.401. The van der Waals surface area contributed by atoms with E-state index in [-0.39, 0.29) is 6.10 Å². The van der Waals surface area contributed by atoms with E-state index in [2.05, 4.69) is 31.9 Å².